The smallest absolute Gasteiger partial charge is 0.236 e. The van der Waals surface area contributed by atoms with Gasteiger partial charge in [-0.25, -0.2) is 0 Å². The van der Waals surface area contributed by atoms with Crippen molar-refractivity contribution in [1.82, 2.24) is 10.6 Å². The van der Waals surface area contributed by atoms with Crippen LogP contribution in [0.25, 0.3) is 0 Å². The van der Waals surface area contributed by atoms with E-state index in [1.807, 2.05) is 25.1 Å². The number of carbonyl (C=O) groups is 1. The molecule has 2 N–H and O–H groups in total. The van der Waals surface area contributed by atoms with Crippen molar-refractivity contribution < 1.29 is 9.53 Å². The quantitative estimate of drug-likeness (QED) is 0.813. The maximum absolute atomic E-state index is 11.8. The molecule has 4 nitrogen and oxygen atoms in total. The second-order valence-corrected chi connectivity index (χ2v) is 5.62. The fraction of sp³-hybridized carbons (Fsp3) is 0.533. The van der Waals surface area contributed by atoms with Crippen molar-refractivity contribution in [1.29, 1.82) is 0 Å². The standard InChI is InChI=1S/C15H23ClN2O2/c1-10(2)8-18-15(19)11(3)17-9-12-5-6-14(20-4)13(16)7-12/h5-7,10-11,17H,8-9H2,1-4H3,(H,18,19). The summed E-state index contributed by atoms with van der Waals surface area (Å²) in [5.74, 6) is 1.11. The Morgan fingerprint density at radius 3 is 2.60 bits per heavy atom. The van der Waals surface area contributed by atoms with Crippen LogP contribution >= 0.6 is 11.6 Å². The zero-order chi connectivity index (χ0) is 15.1. The highest BCUT2D eigenvalue weighted by molar-refractivity contribution is 6.32. The molecule has 0 radical (unpaired) electrons. The van der Waals surface area contributed by atoms with Crippen LogP contribution in [0.2, 0.25) is 5.02 Å². The molecule has 112 valence electrons. The molecule has 0 aliphatic heterocycles. The van der Waals surface area contributed by atoms with Crippen LogP contribution in [-0.2, 0) is 11.3 Å². The number of nitrogens with one attached hydrogen (secondary N) is 2. The molecule has 0 fully saturated rings. The van der Waals surface area contributed by atoms with Gasteiger partial charge in [-0.3, -0.25) is 4.79 Å². The Bertz CT molecular complexity index is 449. The number of benzene rings is 1. The first-order chi connectivity index (χ1) is 9.43. The molecule has 0 aromatic heterocycles. The highest BCUT2D eigenvalue weighted by Crippen LogP contribution is 2.24. The molecule has 1 aromatic rings. The lowest BCUT2D eigenvalue weighted by Gasteiger charge is -2.15. The third-order valence-electron chi connectivity index (χ3n) is 2.91. The third kappa shape index (κ3) is 5.39. The normalized spacial score (nSPS) is 12.3. The molecule has 0 saturated carbocycles. The van der Waals surface area contributed by atoms with Crippen LogP contribution < -0.4 is 15.4 Å². The zero-order valence-electron chi connectivity index (χ0n) is 12.5. The molecule has 20 heavy (non-hydrogen) atoms. The summed E-state index contributed by atoms with van der Waals surface area (Å²) >= 11 is 6.06. The van der Waals surface area contributed by atoms with Crippen molar-refractivity contribution in [2.45, 2.75) is 33.4 Å². The Kier molecular flexibility index (Phi) is 6.82. The molecule has 1 atom stereocenters. The van der Waals surface area contributed by atoms with Crippen LogP contribution in [0.15, 0.2) is 18.2 Å². The summed E-state index contributed by atoms with van der Waals surface area (Å²) in [5, 5.41) is 6.65. The summed E-state index contributed by atoms with van der Waals surface area (Å²) in [6.07, 6.45) is 0. The van der Waals surface area contributed by atoms with Crippen LogP contribution in [0.3, 0.4) is 0 Å². The maximum atomic E-state index is 11.8. The van der Waals surface area contributed by atoms with Crippen LogP contribution in [0, 0.1) is 5.92 Å². The second-order valence-electron chi connectivity index (χ2n) is 5.21. The number of hydrogen-bond acceptors (Lipinski definition) is 3. The first kappa shape index (κ1) is 16.8. The fourth-order valence-electron chi connectivity index (χ4n) is 1.64. The van der Waals surface area contributed by atoms with Crippen LogP contribution in [0.1, 0.15) is 26.3 Å². The van der Waals surface area contributed by atoms with Crippen molar-refractivity contribution in [2.75, 3.05) is 13.7 Å². The fourth-order valence-corrected chi connectivity index (χ4v) is 1.92. The summed E-state index contributed by atoms with van der Waals surface area (Å²) in [7, 11) is 1.58. The largest absolute Gasteiger partial charge is 0.495 e. The van der Waals surface area contributed by atoms with Crippen molar-refractivity contribution in [3.8, 4) is 5.75 Å². The average molecular weight is 299 g/mol. The van der Waals surface area contributed by atoms with Crippen molar-refractivity contribution in [3.63, 3.8) is 0 Å². The number of hydrogen-bond donors (Lipinski definition) is 2. The van der Waals surface area contributed by atoms with Gasteiger partial charge in [0.05, 0.1) is 18.2 Å². The maximum Gasteiger partial charge on any atom is 0.236 e. The molecule has 1 unspecified atom stereocenters. The molecule has 1 rings (SSSR count). The minimum absolute atomic E-state index is 0.0123. The molecule has 0 bridgehead atoms. The van der Waals surface area contributed by atoms with Gasteiger partial charge in [0.2, 0.25) is 5.91 Å². The van der Waals surface area contributed by atoms with Gasteiger partial charge in [-0.1, -0.05) is 31.5 Å². The van der Waals surface area contributed by atoms with Crippen LogP contribution in [0.4, 0.5) is 0 Å². The van der Waals surface area contributed by atoms with Gasteiger partial charge in [-0.15, -0.1) is 0 Å². The number of methoxy groups -OCH3 is 1. The monoisotopic (exact) mass is 298 g/mol. The van der Waals surface area contributed by atoms with E-state index in [0.29, 0.717) is 29.8 Å². The van der Waals surface area contributed by atoms with Crippen LogP contribution in [-0.4, -0.2) is 25.6 Å². The van der Waals surface area contributed by atoms with Gasteiger partial charge in [0.1, 0.15) is 5.75 Å². The first-order valence-corrected chi connectivity index (χ1v) is 7.15. The number of halogens is 1. The first-order valence-electron chi connectivity index (χ1n) is 6.77. The summed E-state index contributed by atoms with van der Waals surface area (Å²) in [6.45, 7) is 7.26. The summed E-state index contributed by atoms with van der Waals surface area (Å²) in [6, 6.07) is 5.35. The van der Waals surface area contributed by atoms with Crippen LogP contribution in [0.5, 0.6) is 5.75 Å². The van der Waals surface area contributed by atoms with Gasteiger partial charge < -0.3 is 15.4 Å². The zero-order valence-corrected chi connectivity index (χ0v) is 13.3. The molecule has 1 aromatic carbocycles. The minimum atomic E-state index is -0.241. The molecule has 0 heterocycles. The molecule has 0 spiro atoms. The Morgan fingerprint density at radius 2 is 2.05 bits per heavy atom. The van der Waals surface area contributed by atoms with Crippen molar-refractivity contribution >= 4 is 17.5 Å². The summed E-state index contributed by atoms with van der Waals surface area (Å²) < 4.78 is 5.10. The van der Waals surface area contributed by atoms with E-state index in [0.717, 1.165) is 5.56 Å². The molecular weight excluding hydrogens is 276 g/mol. The lowest BCUT2D eigenvalue weighted by atomic mass is 10.2. The summed E-state index contributed by atoms with van der Waals surface area (Å²) in [4.78, 5) is 11.8. The van der Waals surface area contributed by atoms with Crippen molar-refractivity contribution in [3.05, 3.63) is 28.8 Å². The number of amides is 1. The van der Waals surface area contributed by atoms with E-state index in [4.69, 9.17) is 16.3 Å². The molecule has 0 aliphatic rings. The van der Waals surface area contributed by atoms with Gasteiger partial charge in [0, 0.05) is 13.1 Å². The van der Waals surface area contributed by atoms with Gasteiger partial charge in [0.15, 0.2) is 0 Å². The number of ether oxygens (including phenoxy) is 1. The Labute approximate surface area is 125 Å². The predicted molar refractivity (Wildman–Crippen MR) is 82.2 cm³/mol. The average Bonchev–Trinajstić information content (AvgIpc) is 2.42. The van der Waals surface area contributed by atoms with E-state index in [2.05, 4.69) is 24.5 Å². The molecule has 0 aliphatic carbocycles. The highest BCUT2D eigenvalue weighted by atomic mass is 35.5. The van der Waals surface area contributed by atoms with E-state index in [-0.39, 0.29) is 11.9 Å². The second kappa shape index (κ2) is 8.12. The molecule has 5 heteroatoms. The topological polar surface area (TPSA) is 50.4 Å². The Hall–Kier alpha value is -1.26. The van der Waals surface area contributed by atoms with E-state index >= 15 is 0 Å². The minimum Gasteiger partial charge on any atom is -0.495 e. The number of carbonyl (C=O) groups excluding carboxylic acids is 1. The van der Waals surface area contributed by atoms with E-state index in [1.54, 1.807) is 7.11 Å². The summed E-state index contributed by atoms with van der Waals surface area (Å²) in [5.41, 5.74) is 1.01. The third-order valence-corrected chi connectivity index (χ3v) is 3.20. The van der Waals surface area contributed by atoms with Gasteiger partial charge >= 0.3 is 0 Å². The Morgan fingerprint density at radius 1 is 1.35 bits per heavy atom. The van der Waals surface area contributed by atoms with E-state index in [1.165, 1.54) is 0 Å². The highest BCUT2D eigenvalue weighted by Gasteiger charge is 2.12. The van der Waals surface area contributed by atoms with E-state index in [9.17, 15) is 4.79 Å². The predicted octanol–water partition coefficient (Wildman–Crippen LogP) is 2.60. The molecule has 1 amide bonds. The number of rotatable bonds is 7. The molecule has 0 saturated heterocycles. The lowest BCUT2D eigenvalue weighted by Crippen LogP contribution is -2.42. The van der Waals surface area contributed by atoms with Gasteiger partial charge in [-0.05, 0) is 30.5 Å². The molecular formula is C15H23ClN2O2. The van der Waals surface area contributed by atoms with Crippen molar-refractivity contribution in [2.24, 2.45) is 5.92 Å². The van der Waals surface area contributed by atoms with Gasteiger partial charge in [0.25, 0.3) is 0 Å². The van der Waals surface area contributed by atoms with Gasteiger partial charge in [-0.2, -0.15) is 0 Å². The Balaban J connectivity index is 2.46. The lowest BCUT2D eigenvalue weighted by molar-refractivity contribution is -0.122. The SMILES string of the molecule is COc1ccc(CNC(C)C(=O)NCC(C)C)cc1Cl. The van der Waals surface area contributed by atoms with E-state index < -0.39 is 0 Å².